The van der Waals surface area contributed by atoms with Crippen molar-refractivity contribution in [1.29, 1.82) is 0 Å². The van der Waals surface area contributed by atoms with Gasteiger partial charge in [0.2, 0.25) is 0 Å². The molecule has 0 heterocycles. The maximum absolute atomic E-state index is 10.5. The summed E-state index contributed by atoms with van der Waals surface area (Å²) in [4.78, 5) is 10.5. The minimum Gasteiger partial charge on any atom is -0.306 e. The van der Waals surface area contributed by atoms with E-state index < -0.39 is 0 Å². The van der Waals surface area contributed by atoms with Crippen molar-refractivity contribution in [2.45, 2.75) is 31.8 Å². The lowest BCUT2D eigenvalue weighted by Crippen LogP contribution is -2.24. The number of carbonyl (C=O) groups excluding carboxylic acids is 1. The molecule has 1 atom stereocenters. The zero-order valence-corrected chi connectivity index (χ0v) is 21.6. The molecule has 0 bridgehead atoms. The van der Waals surface area contributed by atoms with E-state index in [2.05, 4.69) is 96.3 Å². The van der Waals surface area contributed by atoms with E-state index in [1.807, 2.05) is 42.5 Å². The maximum atomic E-state index is 10.5. The Morgan fingerprint density at radius 3 is 1.74 bits per heavy atom. The van der Waals surface area contributed by atoms with E-state index in [0.717, 1.165) is 18.4 Å². The molecule has 0 saturated heterocycles. The predicted molar refractivity (Wildman–Crippen MR) is 158 cm³/mol. The SMILES string of the molecule is O=Cc1ccc(-c2ccccc2)cc1.c1ccc(-c2ccc(CN[C@H]3CCCc4ccccc43)cc2)cc1. The van der Waals surface area contributed by atoms with Crippen LogP contribution < -0.4 is 5.32 Å². The second-order valence-corrected chi connectivity index (χ2v) is 9.69. The number of nitrogens with one attached hydrogen (secondary N) is 1. The molecular weight excluding hydrogens is 462 g/mol. The average Bonchev–Trinajstić information content (AvgIpc) is 3.01. The first-order valence-electron chi connectivity index (χ1n) is 13.4. The number of fused-ring (bicyclic) bond motifs is 1. The molecular formula is C36H33NO. The molecule has 0 unspecified atom stereocenters. The van der Waals surface area contributed by atoms with Gasteiger partial charge in [-0.3, -0.25) is 4.79 Å². The van der Waals surface area contributed by atoms with Gasteiger partial charge in [0.1, 0.15) is 6.29 Å². The van der Waals surface area contributed by atoms with Crippen molar-refractivity contribution in [1.82, 2.24) is 5.32 Å². The number of rotatable bonds is 6. The largest absolute Gasteiger partial charge is 0.306 e. The third kappa shape index (κ3) is 6.53. The van der Waals surface area contributed by atoms with E-state index in [4.69, 9.17) is 0 Å². The topological polar surface area (TPSA) is 29.1 Å². The minimum absolute atomic E-state index is 0.490. The second kappa shape index (κ2) is 12.8. The van der Waals surface area contributed by atoms with Gasteiger partial charge in [0.15, 0.2) is 0 Å². The Kier molecular flexibility index (Phi) is 8.55. The molecule has 188 valence electrons. The van der Waals surface area contributed by atoms with E-state index in [9.17, 15) is 4.79 Å². The highest BCUT2D eigenvalue weighted by Gasteiger charge is 2.18. The monoisotopic (exact) mass is 495 g/mol. The fourth-order valence-electron chi connectivity index (χ4n) is 5.04. The number of aldehydes is 1. The van der Waals surface area contributed by atoms with Crippen molar-refractivity contribution in [3.8, 4) is 22.3 Å². The van der Waals surface area contributed by atoms with Crippen molar-refractivity contribution >= 4 is 6.29 Å². The Labute approximate surface area is 226 Å². The lowest BCUT2D eigenvalue weighted by Gasteiger charge is -2.26. The Morgan fingerprint density at radius 2 is 1.13 bits per heavy atom. The van der Waals surface area contributed by atoms with E-state index in [0.29, 0.717) is 11.6 Å². The van der Waals surface area contributed by atoms with Gasteiger partial charge in [-0.15, -0.1) is 0 Å². The van der Waals surface area contributed by atoms with Gasteiger partial charge in [0.25, 0.3) is 0 Å². The van der Waals surface area contributed by atoms with Crippen LogP contribution in [0.15, 0.2) is 133 Å². The van der Waals surface area contributed by atoms with E-state index in [1.165, 1.54) is 52.6 Å². The van der Waals surface area contributed by atoms with E-state index >= 15 is 0 Å². The van der Waals surface area contributed by atoms with Crippen LogP contribution in [0.1, 0.15) is 45.9 Å². The zero-order valence-electron chi connectivity index (χ0n) is 21.6. The van der Waals surface area contributed by atoms with Crippen LogP contribution in [-0.4, -0.2) is 6.29 Å². The summed E-state index contributed by atoms with van der Waals surface area (Å²) in [7, 11) is 0. The van der Waals surface area contributed by atoms with Gasteiger partial charge >= 0.3 is 0 Å². The normalized spacial score (nSPS) is 14.1. The number of aryl methyl sites for hydroxylation is 1. The van der Waals surface area contributed by atoms with Crippen molar-refractivity contribution in [2.75, 3.05) is 0 Å². The third-order valence-corrected chi connectivity index (χ3v) is 7.14. The highest BCUT2D eigenvalue weighted by Crippen LogP contribution is 2.30. The molecule has 0 saturated carbocycles. The predicted octanol–water partition coefficient (Wildman–Crippen LogP) is 8.69. The van der Waals surface area contributed by atoms with Gasteiger partial charge in [-0.1, -0.05) is 133 Å². The zero-order chi connectivity index (χ0) is 26.0. The number of carbonyl (C=O) groups is 1. The summed E-state index contributed by atoms with van der Waals surface area (Å²) in [5.41, 5.74) is 9.93. The maximum Gasteiger partial charge on any atom is 0.150 e. The minimum atomic E-state index is 0.490. The summed E-state index contributed by atoms with van der Waals surface area (Å²) in [5.74, 6) is 0. The van der Waals surface area contributed by atoms with Crippen molar-refractivity contribution in [3.63, 3.8) is 0 Å². The van der Waals surface area contributed by atoms with Crippen LogP contribution >= 0.6 is 0 Å². The molecule has 1 aliphatic carbocycles. The van der Waals surface area contributed by atoms with Crippen LogP contribution in [0.3, 0.4) is 0 Å². The van der Waals surface area contributed by atoms with Crippen molar-refractivity contribution < 1.29 is 4.79 Å². The molecule has 1 N–H and O–H groups in total. The number of hydrogen-bond donors (Lipinski definition) is 1. The lowest BCUT2D eigenvalue weighted by atomic mass is 9.87. The Bertz CT molecular complexity index is 1420. The van der Waals surface area contributed by atoms with Gasteiger partial charge in [0, 0.05) is 18.2 Å². The fraction of sp³-hybridized carbons (Fsp3) is 0.139. The molecule has 0 fully saturated rings. The number of hydrogen-bond acceptors (Lipinski definition) is 2. The molecule has 2 nitrogen and oxygen atoms in total. The first-order valence-corrected chi connectivity index (χ1v) is 13.4. The highest BCUT2D eigenvalue weighted by atomic mass is 16.1. The molecule has 5 aromatic rings. The molecule has 6 rings (SSSR count). The summed E-state index contributed by atoms with van der Waals surface area (Å²) in [6.07, 6.45) is 4.59. The van der Waals surface area contributed by atoms with E-state index in [-0.39, 0.29) is 0 Å². The summed E-state index contributed by atoms with van der Waals surface area (Å²) < 4.78 is 0. The van der Waals surface area contributed by atoms with Gasteiger partial charge in [-0.25, -0.2) is 0 Å². The summed E-state index contributed by atoms with van der Waals surface area (Å²) >= 11 is 0. The van der Waals surface area contributed by atoms with Gasteiger partial charge < -0.3 is 5.32 Å². The van der Waals surface area contributed by atoms with Gasteiger partial charge in [-0.05, 0) is 58.2 Å². The molecule has 0 aromatic heterocycles. The standard InChI is InChI=1S/C23H23N.C13H10O/c1-2-7-19(8-3-1)20-15-13-18(14-16-20)17-24-23-12-6-10-21-9-4-5-11-22(21)23;14-10-11-6-8-13(9-7-11)12-4-2-1-3-5-12/h1-5,7-9,11,13-16,23-24H,6,10,12,17H2;1-10H/t23-;/m0./s1. The van der Waals surface area contributed by atoms with Gasteiger partial charge in [0.05, 0.1) is 0 Å². The van der Waals surface area contributed by atoms with Crippen LogP contribution in [0.4, 0.5) is 0 Å². The number of benzene rings is 5. The summed E-state index contributed by atoms with van der Waals surface area (Å²) in [5, 5.41) is 3.75. The molecule has 0 amide bonds. The Hall–Kier alpha value is -4.27. The Balaban J connectivity index is 0.000000179. The van der Waals surface area contributed by atoms with Crippen LogP contribution in [0.5, 0.6) is 0 Å². The lowest BCUT2D eigenvalue weighted by molar-refractivity contribution is 0.112. The summed E-state index contributed by atoms with van der Waals surface area (Å²) in [6, 6.07) is 46.5. The van der Waals surface area contributed by atoms with Crippen LogP contribution in [-0.2, 0) is 13.0 Å². The first kappa shape index (κ1) is 25.4. The van der Waals surface area contributed by atoms with Gasteiger partial charge in [-0.2, -0.15) is 0 Å². The smallest absolute Gasteiger partial charge is 0.150 e. The summed E-state index contributed by atoms with van der Waals surface area (Å²) in [6.45, 7) is 0.925. The molecule has 38 heavy (non-hydrogen) atoms. The van der Waals surface area contributed by atoms with Crippen LogP contribution in [0.2, 0.25) is 0 Å². The molecule has 0 aliphatic heterocycles. The Morgan fingerprint density at radius 1 is 0.605 bits per heavy atom. The fourth-order valence-corrected chi connectivity index (χ4v) is 5.04. The molecule has 2 heteroatoms. The van der Waals surface area contributed by atoms with Crippen molar-refractivity contribution in [3.05, 3.63) is 156 Å². The quantitative estimate of drug-likeness (QED) is 0.239. The molecule has 1 aliphatic rings. The first-order chi connectivity index (χ1) is 18.8. The van der Waals surface area contributed by atoms with E-state index in [1.54, 1.807) is 0 Å². The third-order valence-electron chi connectivity index (χ3n) is 7.14. The molecule has 5 aromatic carbocycles. The second-order valence-electron chi connectivity index (χ2n) is 9.69. The van der Waals surface area contributed by atoms with Crippen LogP contribution in [0, 0.1) is 0 Å². The highest BCUT2D eigenvalue weighted by molar-refractivity contribution is 5.76. The molecule has 0 spiro atoms. The van der Waals surface area contributed by atoms with Crippen molar-refractivity contribution in [2.24, 2.45) is 0 Å². The van der Waals surface area contributed by atoms with Crippen LogP contribution in [0.25, 0.3) is 22.3 Å². The average molecular weight is 496 g/mol. The molecule has 0 radical (unpaired) electrons.